The van der Waals surface area contributed by atoms with Crippen LogP contribution in [0.3, 0.4) is 0 Å². The summed E-state index contributed by atoms with van der Waals surface area (Å²) in [5.74, 6) is -0.745. The van der Waals surface area contributed by atoms with Crippen LogP contribution < -0.4 is 10.6 Å². The Labute approximate surface area is 106 Å². The van der Waals surface area contributed by atoms with Crippen molar-refractivity contribution in [1.82, 2.24) is 10.6 Å². The second kappa shape index (κ2) is 6.74. The lowest BCUT2D eigenvalue weighted by Crippen LogP contribution is -2.44. The standard InChI is InChI=1S/C13H17FN2O2/c1-9(16-10(2)17)13(18)15-8-7-11-3-5-12(14)6-4-11/h3-6,9H,7-8H2,1-2H3,(H,15,18)(H,16,17)/t9-/m1/s1. The summed E-state index contributed by atoms with van der Waals surface area (Å²) in [6.07, 6.45) is 0.624. The minimum absolute atomic E-state index is 0.229. The Kier molecular flexibility index (Phi) is 5.30. The molecule has 2 N–H and O–H groups in total. The van der Waals surface area contributed by atoms with Crippen molar-refractivity contribution in [3.63, 3.8) is 0 Å². The van der Waals surface area contributed by atoms with Crippen LogP contribution in [0.1, 0.15) is 19.4 Å². The van der Waals surface area contributed by atoms with E-state index in [9.17, 15) is 14.0 Å². The molecule has 1 atom stereocenters. The first-order chi connectivity index (χ1) is 8.49. The molecule has 0 radical (unpaired) electrons. The number of hydrogen-bond donors (Lipinski definition) is 2. The van der Waals surface area contributed by atoms with Crippen LogP contribution in [0.4, 0.5) is 4.39 Å². The first-order valence-corrected chi connectivity index (χ1v) is 5.78. The van der Waals surface area contributed by atoms with Gasteiger partial charge in [-0.2, -0.15) is 0 Å². The van der Waals surface area contributed by atoms with Gasteiger partial charge in [0.2, 0.25) is 11.8 Å². The number of benzene rings is 1. The number of nitrogens with one attached hydrogen (secondary N) is 2. The van der Waals surface area contributed by atoms with E-state index in [1.165, 1.54) is 19.1 Å². The van der Waals surface area contributed by atoms with Gasteiger partial charge in [-0.1, -0.05) is 12.1 Å². The summed E-state index contributed by atoms with van der Waals surface area (Å²) in [7, 11) is 0. The monoisotopic (exact) mass is 252 g/mol. The average Bonchev–Trinajstić information content (AvgIpc) is 2.30. The van der Waals surface area contributed by atoms with Crippen molar-refractivity contribution in [3.8, 4) is 0 Å². The van der Waals surface area contributed by atoms with E-state index < -0.39 is 6.04 Å². The van der Waals surface area contributed by atoms with Crippen molar-refractivity contribution in [2.45, 2.75) is 26.3 Å². The molecule has 0 bridgehead atoms. The maximum absolute atomic E-state index is 12.7. The van der Waals surface area contributed by atoms with E-state index in [1.54, 1.807) is 19.1 Å². The van der Waals surface area contributed by atoms with Crippen LogP contribution in [0.5, 0.6) is 0 Å². The highest BCUT2D eigenvalue weighted by atomic mass is 19.1. The Balaban J connectivity index is 2.31. The van der Waals surface area contributed by atoms with Crippen molar-refractivity contribution in [2.75, 3.05) is 6.54 Å². The first kappa shape index (κ1) is 14.2. The normalized spacial score (nSPS) is 11.7. The minimum atomic E-state index is -0.546. The number of rotatable bonds is 5. The van der Waals surface area contributed by atoms with E-state index in [0.29, 0.717) is 13.0 Å². The minimum Gasteiger partial charge on any atom is -0.354 e. The van der Waals surface area contributed by atoms with Crippen LogP contribution in [-0.4, -0.2) is 24.4 Å². The van der Waals surface area contributed by atoms with Crippen molar-refractivity contribution in [3.05, 3.63) is 35.6 Å². The summed E-state index contributed by atoms with van der Waals surface area (Å²) < 4.78 is 12.7. The predicted octanol–water partition coefficient (Wildman–Crippen LogP) is 1.01. The lowest BCUT2D eigenvalue weighted by Gasteiger charge is -2.12. The Bertz CT molecular complexity index is 418. The molecule has 0 heterocycles. The number of amides is 2. The van der Waals surface area contributed by atoms with E-state index in [-0.39, 0.29) is 17.6 Å². The molecule has 2 amide bonds. The topological polar surface area (TPSA) is 58.2 Å². The zero-order valence-electron chi connectivity index (χ0n) is 10.5. The summed E-state index contributed by atoms with van der Waals surface area (Å²) in [6, 6.07) is 5.58. The zero-order valence-corrected chi connectivity index (χ0v) is 10.5. The molecule has 0 saturated heterocycles. The van der Waals surface area contributed by atoms with E-state index in [4.69, 9.17) is 0 Å². The van der Waals surface area contributed by atoms with Gasteiger partial charge in [-0.05, 0) is 31.0 Å². The zero-order chi connectivity index (χ0) is 13.5. The molecule has 0 aromatic heterocycles. The second-order valence-electron chi connectivity index (χ2n) is 4.09. The smallest absolute Gasteiger partial charge is 0.242 e. The summed E-state index contributed by atoms with van der Waals surface area (Å²) >= 11 is 0. The third-order valence-electron chi connectivity index (χ3n) is 2.44. The molecule has 98 valence electrons. The third-order valence-corrected chi connectivity index (χ3v) is 2.44. The molecule has 1 aromatic rings. The van der Waals surface area contributed by atoms with Crippen LogP contribution in [-0.2, 0) is 16.0 Å². The van der Waals surface area contributed by atoms with Gasteiger partial charge in [0, 0.05) is 13.5 Å². The van der Waals surface area contributed by atoms with Gasteiger partial charge in [0.05, 0.1) is 0 Å². The Morgan fingerprint density at radius 2 is 1.89 bits per heavy atom. The molecule has 0 aliphatic rings. The number of hydrogen-bond acceptors (Lipinski definition) is 2. The second-order valence-corrected chi connectivity index (χ2v) is 4.09. The summed E-state index contributed by atoms with van der Waals surface area (Å²) in [5, 5.41) is 5.20. The van der Waals surface area contributed by atoms with Crippen molar-refractivity contribution in [2.24, 2.45) is 0 Å². The largest absolute Gasteiger partial charge is 0.354 e. The lowest BCUT2D eigenvalue weighted by atomic mass is 10.1. The number of halogens is 1. The molecule has 1 rings (SSSR count). The van der Waals surface area contributed by atoms with E-state index >= 15 is 0 Å². The van der Waals surface area contributed by atoms with E-state index in [2.05, 4.69) is 10.6 Å². The maximum atomic E-state index is 12.7. The van der Waals surface area contributed by atoms with Gasteiger partial charge in [-0.25, -0.2) is 4.39 Å². The molecular formula is C13H17FN2O2. The van der Waals surface area contributed by atoms with Crippen LogP contribution in [0.15, 0.2) is 24.3 Å². The average molecular weight is 252 g/mol. The van der Waals surface area contributed by atoms with E-state index in [1.807, 2.05) is 0 Å². The van der Waals surface area contributed by atoms with Gasteiger partial charge in [0.25, 0.3) is 0 Å². The quantitative estimate of drug-likeness (QED) is 0.821. The molecule has 4 nitrogen and oxygen atoms in total. The van der Waals surface area contributed by atoms with Gasteiger partial charge < -0.3 is 10.6 Å². The van der Waals surface area contributed by atoms with E-state index in [0.717, 1.165) is 5.56 Å². The molecule has 18 heavy (non-hydrogen) atoms. The summed E-state index contributed by atoms with van der Waals surface area (Å²) in [5.41, 5.74) is 0.948. The van der Waals surface area contributed by atoms with Crippen molar-refractivity contribution in [1.29, 1.82) is 0 Å². The van der Waals surface area contributed by atoms with Gasteiger partial charge >= 0.3 is 0 Å². The fourth-order valence-corrected chi connectivity index (χ4v) is 1.50. The van der Waals surface area contributed by atoms with Crippen LogP contribution in [0.2, 0.25) is 0 Å². The van der Waals surface area contributed by atoms with Crippen molar-refractivity contribution < 1.29 is 14.0 Å². The Morgan fingerprint density at radius 3 is 2.44 bits per heavy atom. The number of carbonyl (C=O) groups excluding carboxylic acids is 2. The molecule has 0 fully saturated rings. The predicted molar refractivity (Wildman–Crippen MR) is 66.4 cm³/mol. The highest BCUT2D eigenvalue weighted by Crippen LogP contribution is 2.02. The first-order valence-electron chi connectivity index (χ1n) is 5.78. The highest BCUT2D eigenvalue weighted by molar-refractivity contribution is 5.86. The molecular weight excluding hydrogens is 235 g/mol. The molecule has 0 spiro atoms. The van der Waals surface area contributed by atoms with Crippen LogP contribution in [0.25, 0.3) is 0 Å². The number of carbonyl (C=O) groups is 2. The van der Waals surface area contributed by atoms with Crippen LogP contribution >= 0.6 is 0 Å². The van der Waals surface area contributed by atoms with Gasteiger partial charge in [-0.3, -0.25) is 9.59 Å². The lowest BCUT2D eigenvalue weighted by molar-refractivity contribution is -0.127. The molecule has 0 saturated carbocycles. The van der Waals surface area contributed by atoms with Gasteiger partial charge in [0.1, 0.15) is 11.9 Å². The Morgan fingerprint density at radius 1 is 1.28 bits per heavy atom. The maximum Gasteiger partial charge on any atom is 0.242 e. The summed E-state index contributed by atoms with van der Waals surface area (Å²) in [4.78, 5) is 22.3. The molecule has 0 aliphatic heterocycles. The van der Waals surface area contributed by atoms with Gasteiger partial charge in [-0.15, -0.1) is 0 Å². The van der Waals surface area contributed by atoms with Gasteiger partial charge in [0.15, 0.2) is 0 Å². The summed E-state index contributed by atoms with van der Waals surface area (Å²) in [6.45, 7) is 3.44. The Hall–Kier alpha value is -1.91. The SMILES string of the molecule is CC(=O)N[C@H](C)C(=O)NCCc1ccc(F)cc1. The fraction of sp³-hybridized carbons (Fsp3) is 0.385. The molecule has 0 aliphatic carbocycles. The fourth-order valence-electron chi connectivity index (χ4n) is 1.50. The third kappa shape index (κ3) is 4.95. The molecule has 0 unspecified atom stereocenters. The highest BCUT2D eigenvalue weighted by Gasteiger charge is 2.12. The van der Waals surface area contributed by atoms with Crippen LogP contribution in [0, 0.1) is 5.82 Å². The molecule has 5 heteroatoms. The van der Waals surface area contributed by atoms with Crippen molar-refractivity contribution >= 4 is 11.8 Å². The molecule has 1 aromatic carbocycles.